The van der Waals surface area contributed by atoms with Crippen LogP contribution < -0.4 is 0 Å². The molecule has 98 valence electrons. The van der Waals surface area contributed by atoms with Crippen LogP contribution in [0.25, 0.3) is 0 Å². The summed E-state index contributed by atoms with van der Waals surface area (Å²) in [6.07, 6.45) is 0. The predicted octanol–water partition coefficient (Wildman–Crippen LogP) is 2.95. The van der Waals surface area contributed by atoms with E-state index in [0.717, 1.165) is 5.56 Å². The van der Waals surface area contributed by atoms with Gasteiger partial charge in [0.25, 0.3) is 0 Å². The van der Waals surface area contributed by atoms with Crippen LogP contribution in [0.15, 0.2) is 24.3 Å². The van der Waals surface area contributed by atoms with Gasteiger partial charge >= 0.3 is 0 Å². The molecule has 1 saturated heterocycles. The van der Waals surface area contributed by atoms with Crippen molar-refractivity contribution in [2.45, 2.75) is 12.3 Å². The standard InChI is InChI=1S/C13H16ClNO2S/c1-2-17-8-7-15-12(16)9-18-13(15)10-5-3-4-6-11(10)14/h3-6,13H,2,7-9H2,1H3. The quantitative estimate of drug-likeness (QED) is 0.779. The van der Waals surface area contributed by atoms with Crippen molar-refractivity contribution in [2.75, 3.05) is 25.5 Å². The summed E-state index contributed by atoms with van der Waals surface area (Å²) in [7, 11) is 0. The molecule has 3 nitrogen and oxygen atoms in total. The fourth-order valence-electron chi connectivity index (χ4n) is 1.94. The number of carbonyl (C=O) groups is 1. The van der Waals surface area contributed by atoms with Crippen LogP contribution in [0.1, 0.15) is 17.9 Å². The Morgan fingerprint density at radius 1 is 1.50 bits per heavy atom. The SMILES string of the molecule is CCOCCN1C(=O)CSC1c1ccccc1Cl. The van der Waals surface area contributed by atoms with Crippen molar-refractivity contribution in [2.24, 2.45) is 0 Å². The summed E-state index contributed by atoms with van der Waals surface area (Å²) in [5.74, 6) is 0.673. The lowest BCUT2D eigenvalue weighted by Gasteiger charge is -2.24. The fourth-order valence-corrected chi connectivity index (χ4v) is 3.49. The molecule has 1 aromatic rings. The molecule has 5 heteroatoms. The maximum Gasteiger partial charge on any atom is 0.233 e. The highest BCUT2D eigenvalue weighted by Crippen LogP contribution is 2.40. The van der Waals surface area contributed by atoms with E-state index in [1.165, 1.54) is 0 Å². The van der Waals surface area contributed by atoms with Crippen LogP contribution in [0.5, 0.6) is 0 Å². The second-order valence-electron chi connectivity index (χ2n) is 3.97. The number of hydrogen-bond acceptors (Lipinski definition) is 3. The Balaban J connectivity index is 2.11. The fraction of sp³-hybridized carbons (Fsp3) is 0.462. The molecule has 1 aromatic carbocycles. The van der Waals surface area contributed by atoms with Crippen LogP contribution in [0, 0.1) is 0 Å². The monoisotopic (exact) mass is 285 g/mol. The molecule has 0 aromatic heterocycles. The van der Waals surface area contributed by atoms with E-state index < -0.39 is 0 Å². The van der Waals surface area contributed by atoms with Crippen molar-refractivity contribution in [3.63, 3.8) is 0 Å². The number of ether oxygens (including phenoxy) is 1. The van der Waals surface area contributed by atoms with Crippen molar-refractivity contribution < 1.29 is 9.53 Å². The van der Waals surface area contributed by atoms with Gasteiger partial charge < -0.3 is 9.64 Å². The van der Waals surface area contributed by atoms with Crippen molar-refractivity contribution in [1.82, 2.24) is 4.90 Å². The molecule has 0 radical (unpaired) electrons. The molecule has 1 amide bonds. The highest BCUT2D eigenvalue weighted by molar-refractivity contribution is 8.00. The minimum Gasteiger partial charge on any atom is -0.380 e. The van der Waals surface area contributed by atoms with E-state index in [4.69, 9.17) is 16.3 Å². The molecule has 1 aliphatic rings. The minimum atomic E-state index is 0.0201. The van der Waals surface area contributed by atoms with Crippen molar-refractivity contribution in [1.29, 1.82) is 0 Å². The maximum atomic E-state index is 11.9. The third-order valence-corrected chi connectivity index (χ3v) is 4.40. The van der Waals surface area contributed by atoms with E-state index in [-0.39, 0.29) is 11.3 Å². The first-order valence-corrected chi connectivity index (χ1v) is 7.40. The van der Waals surface area contributed by atoms with E-state index in [1.54, 1.807) is 11.8 Å². The lowest BCUT2D eigenvalue weighted by atomic mass is 10.2. The number of rotatable bonds is 5. The van der Waals surface area contributed by atoms with E-state index in [2.05, 4.69) is 0 Å². The highest BCUT2D eigenvalue weighted by atomic mass is 35.5. The Bertz CT molecular complexity index is 427. The van der Waals surface area contributed by atoms with Gasteiger partial charge in [-0.1, -0.05) is 29.8 Å². The second-order valence-corrected chi connectivity index (χ2v) is 5.44. The average molecular weight is 286 g/mol. The van der Waals surface area contributed by atoms with Crippen LogP contribution >= 0.6 is 23.4 Å². The van der Waals surface area contributed by atoms with Crippen LogP contribution in [0.3, 0.4) is 0 Å². The van der Waals surface area contributed by atoms with Gasteiger partial charge in [0.15, 0.2) is 0 Å². The first-order valence-electron chi connectivity index (χ1n) is 5.97. The summed E-state index contributed by atoms with van der Waals surface area (Å²) < 4.78 is 5.32. The summed E-state index contributed by atoms with van der Waals surface area (Å²) in [5.41, 5.74) is 1.01. The molecule has 1 heterocycles. The zero-order valence-corrected chi connectivity index (χ0v) is 11.8. The van der Waals surface area contributed by atoms with Gasteiger partial charge in [-0.2, -0.15) is 0 Å². The minimum absolute atomic E-state index is 0.0201. The topological polar surface area (TPSA) is 29.5 Å². The Morgan fingerprint density at radius 2 is 2.28 bits per heavy atom. The van der Waals surface area contributed by atoms with Gasteiger partial charge in [-0.3, -0.25) is 4.79 Å². The first-order chi connectivity index (χ1) is 8.74. The third kappa shape index (κ3) is 2.99. The lowest BCUT2D eigenvalue weighted by molar-refractivity contribution is -0.128. The van der Waals surface area contributed by atoms with Gasteiger partial charge in [0.1, 0.15) is 5.37 Å². The number of benzene rings is 1. The molecular formula is C13H16ClNO2S. The number of thioether (sulfide) groups is 1. The average Bonchev–Trinajstić information content (AvgIpc) is 2.72. The zero-order valence-electron chi connectivity index (χ0n) is 10.3. The third-order valence-electron chi connectivity index (χ3n) is 2.82. The van der Waals surface area contributed by atoms with Gasteiger partial charge in [-0.25, -0.2) is 0 Å². The number of halogens is 1. The summed E-state index contributed by atoms with van der Waals surface area (Å²) in [4.78, 5) is 13.7. The Hall–Kier alpha value is -0.710. The molecule has 1 unspecified atom stereocenters. The molecule has 0 bridgehead atoms. The zero-order chi connectivity index (χ0) is 13.0. The number of amides is 1. The molecule has 1 atom stereocenters. The van der Waals surface area contributed by atoms with Crippen LogP contribution in [0.2, 0.25) is 5.02 Å². The number of hydrogen-bond donors (Lipinski definition) is 0. The van der Waals surface area contributed by atoms with E-state index >= 15 is 0 Å². The summed E-state index contributed by atoms with van der Waals surface area (Å²) in [6.45, 7) is 3.82. The van der Waals surface area contributed by atoms with Crippen LogP contribution in [0.4, 0.5) is 0 Å². The van der Waals surface area contributed by atoms with Crippen LogP contribution in [-0.2, 0) is 9.53 Å². The molecule has 1 aliphatic heterocycles. The second kappa shape index (κ2) is 6.45. The van der Waals surface area contributed by atoms with Gasteiger partial charge in [-0.05, 0) is 13.0 Å². The van der Waals surface area contributed by atoms with Crippen molar-refractivity contribution in [3.05, 3.63) is 34.9 Å². The first kappa shape index (κ1) is 13.7. The number of nitrogens with zero attached hydrogens (tertiary/aromatic N) is 1. The Kier molecular flexibility index (Phi) is 4.92. The molecular weight excluding hydrogens is 270 g/mol. The van der Waals surface area contributed by atoms with Gasteiger partial charge in [0.2, 0.25) is 5.91 Å². The molecule has 2 rings (SSSR count). The molecule has 0 saturated carbocycles. The molecule has 18 heavy (non-hydrogen) atoms. The van der Waals surface area contributed by atoms with E-state index in [1.807, 2.05) is 36.1 Å². The molecule has 0 spiro atoms. The molecule has 1 fully saturated rings. The highest BCUT2D eigenvalue weighted by Gasteiger charge is 2.33. The van der Waals surface area contributed by atoms with E-state index in [9.17, 15) is 4.79 Å². The van der Waals surface area contributed by atoms with Crippen molar-refractivity contribution >= 4 is 29.3 Å². The molecule has 0 aliphatic carbocycles. The predicted molar refractivity (Wildman–Crippen MR) is 74.9 cm³/mol. The largest absolute Gasteiger partial charge is 0.380 e. The van der Waals surface area contributed by atoms with Gasteiger partial charge in [-0.15, -0.1) is 11.8 Å². The van der Waals surface area contributed by atoms with E-state index in [0.29, 0.717) is 30.5 Å². The number of carbonyl (C=O) groups excluding carboxylic acids is 1. The Morgan fingerprint density at radius 3 is 3.00 bits per heavy atom. The smallest absolute Gasteiger partial charge is 0.233 e. The van der Waals surface area contributed by atoms with Gasteiger partial charge in [0.05, 0.1) is 12.4 Å². The summed E-state index contributed by atoms with van der Waals surface area (Å²) in [6, 6.07) is 7.69. The lowest BCUT2D eigenvalue weighted by Crippen LogP contribution is -2.31. The van der Waals surface area contributed by atoms with Crippen LogP contribution in [-0.4, -0.2) is 36.3 Å². The molecule has 0 N–H and O–H groups in total. The Labute approximate surface area is 116 Å². The summed E-state index contributed by atoms with van der Waals surface area (Å²) >= 11 is 7.82. The summed E-state index contributed by atoms with van der Waals surface area (Å²) in [5, 5.41) is 0.734. The maximum absolute atomic E-state index is 11.9. The normalized spacial score (nSPS) is 19.6. The van der Waals surface area contributed by atoms with Gasteiger partial charge in [0, 0.05) is 23.7 Å². The van der Waals surface area contributed by atoms with Crippen molar-refractivity contribution in [3.8, 4) is 0 Å².